The van der Waals surface area contributed by atoms with E-state index in [1.165, 1.54) is 48.8 Å². The Morgan fingerprint density at radius 3 is 2.24 bits per heavy atom. The SMILES string of the molecule is C/C=N/c1ccc(C(c2ccc(/C=N/C)cc2)C2CC3CC2C2CCCC32)cc1. The molecule has 0 N–H and O–H groups in total. The zero-order valence-corrected chi connectivity index (χ0v) is 17.7. The topological polar surface area (TPSA) is 24.7 Å². The van der Waals surface area contributed by atoms with Gasteiger partial charge in [0.25, 0.3) is 0 Å². The van der Waals surface area contributed by atoms with Gasteiger partial charge in [-0.05, 0) is 91.0 Å². The van der Waals surface area contributed by atoms with Crippen LogP contribution < -0.4 is 0 Å². The van der Waals surface area contributed by atoms with Crippen LogP contribution in [-0.4, -0.2) is 19.5 Å². The highest BCUT2D eigenvalue weighted by molar-refractivity contribution is 5.79. The van der Waals surface area contributed by atoms with Crippen molar-refractivity contribution in [3.8, 4) is 0 Å². The highest BCUT2D eigenvalue weighted by Crippen LogP contribution is 2.64. The van der Waals surface area contributed by atoms with Gasteiger partial charge in [-0.15, -0.1) is 0 Å². The van der Waals surface area contributed by atoms with Gasteiger partial charge in [0.2, 0.25) is 0 Å². The van der Waals surface area contributed by atoms with Gasteiger partial charge in [0.05, 0.1) is 5.69 Å². The van der Waals surface area contributed by atoms with Gasteiger partial charge in [-0.25, -0.2) is 0 Å². The second-order valence-electron chi connectivity index (χ2n) is 9.33. The van der Waals surface area contributed by atoms with Crippen molar-refractivity contribution in [3.63, 3.8) is 0 Å². The summed E-state index contributed by atoms with van der Waals surface area (Å²) in [6, 6.07) is 18.2. The van der Waals surface area contributed by atoms with E-state index in [-0.39, 0.29) is 0 Å². The fourth-order valence-electron chi connectivity index (χ4n) is 7.05. The minimum absolute atomic E-state index is 0.499. The summed E-state index contributed by atoms with van der Waals surface area (Å²) < 4.78 is 0. The van der Waals surface area contributed by atoms with E-state index in [4.69, 9.17) is 0 Å². The van der Waals surface area contributed by atoms with E-state index in [1.54, 1.807) is 0 Å². The van der Waals surface area contributed by atoms with Crippen LogP contribution in [0.1, 0.15) is 61.6 Å². The quantitative estimate of drug-likeness (QED) is 0.515. The van der Waals surface area contributed by atoms with E-state index in [1.807, 2.05) is 26.4 Å². The van der Waals surface area contributed by atoms with E-state index < -0.39 is 0 Å². The number of benzene rings is 2. The van der Waals surface area contributed by atoms with Crippen molar-refractivity contribution >= 4 is 18.1 Å². The van der Waals surface area contributed by atoms with Gasteiger partial charge >= 0.3 is 0 Å². The molecular formula is C27H32N2. The molecule has 0 heterocycles. The maximum atomic E-state index is 4.45. The zero-order valence-electron chi connectivity index (χ0n) is 17.7. The predicted octanol–water partition coefficient (Wildman–Crippen LogP) is 6.66. The Morgan fingerprint density at radius 2 is 1.55 bits per heavy atom. The summed E-state index contributed by atoms with van der Waals surface area (Å²) in [5.74, 6) is 5.22. The smallest absolute Gasteiger partial charge is 0.0625 e. The molecule has 2 nitrogen and oxygen atoms in total. The molecule has 0 spiro atoms. The Bertz CT molecular complexity index is 838. The van der Waals surface area contributed by atoms with E-state index in [9.17, 15) is 0 Å². The average Bonchev–Trinajstić information content (AvgIpc) is 3.45. The second kappa shape index (κ2) is 7.89. The number of aliphatic imine (C=N–C) groups is 2. The third kappa shape index (κ3) is 3.37. The largest absolute Gasteiger partial charge is 0.296 e. The first kappa shape index (κ1) is 18.8. The maximum absolute atomic E-state index is 4.45. The standard InChI is InChI=1S/C27H32N2/c1-3-29-22-13-11-20(12-14-22)27(19-9-7-18(8-10-19)17-28-2)26-16-21-15-25(26)24-6-4-5-23(21)24/h3,7-14,17,21,23-27H,4-6,15-16H2,1-2H3/b28-17+,29-3+. The molecular weight excluding hydrogens is 352 g/mol. The van der Waals surface area contributed by atoms with Gasteiger partial charge < -0.3 is 0 Å². The Labute approximate surface area is 175 Å². The van der Waals surface area contributed by atoms with Crippen LogP contribution in [0.3, 0.4) is 0 Å². The van der Waals surface area contributed by atoms with Crippen LogP contribution in [0.5, 0.6) is 0 Å². The van der Waals surface area contributed by atoms with Crippen LogP contribution in [0, 0.1) is 29.6 Å². The number of fused-ring (bicyclic) bond motifs is 5. The first-order valence-electron chi connectivity index (χ1n) is 11.4. The van der Waals surface area contributed by atoms with E-state index >= 15 is 0 Å². The van der Waals surface area contributed by atoms with Crippen LogP contribution in [0.4, 0.5) is 5.69 Å². The molecule has 0 aromatic heterocycles. The van der Waals surface area contributed by atoms with E-state index in [0.29, 0.717) is 5.92 Å². The fourth-order valence-corrected chi connectivity index (χ4v) is 7.05. The van der Waals surface area contributed by atoms with Crippen molar-refractivity contribution in [3.05, 3.63) is 65.2 Å². The van der Waals surface area contributed by atoms with Crippen molar-refractivity contribution in [2.24, 2.45) is 39.6 Å². The molecule has 6 atom stereocenters. The van der Waals surface area contributed by atoms with E-state index in [2.05, 4.69) is 58.5 Å². The maximum Gasteiger partial charge on any atom is 0.0625 e. The molecule has 3 saturated carbocycles. The molecule has 0 amide bonds. The number of hydrogen-bond acceptors (Lipinski definition) is 2. The highest BCUT2D eigenvalue weighted by atomic mass is 14.7. The van der Waals surface area contributed by atoms with Gasteiger partial charge in [0, 0.05) is 25.4 Å². The molecule has 2 aromatic carbocycles. The molecule has 150 valence electrons. The van der Waals surface area contributed by atoms with E-state index in [0.717, 1.165) is 35.3 Å². The lowest BCUT2D eigenvalue weighted by molar-refractivity contribution is 0.175. The first-order chi connectivity index (χ1) is 14.3. The summed E-state index contributed by atoms with van der Waals surface area (Å²) in [7, 11) is 1.84. The number of rotatable bonds is 5. The zero-order chi connectivity index (χ0) is 19.8. The summed E-state index contributed by atoms with van der Waals surface area (Å²) in [6.45, 7) is 1.98. The second-order valence-corrected chi connectivity index (χ2v) is 9.33. The first-order valence-corrected chi connectivity index (χ1v) is 11.4. The molecule has 29 heavy (non-hydrogen) atoms. The van der Waals surface area contributed by atoms with Gasteiger partial charge in [-0.3, -0.25) is 9.98 Å². The lowest BCUT2D eigenvalue weighted by Crippen LogP contribution is -2.29. The molecule has 3 fully saturated rings. The number of nitrogens with zero attached hydrogens (tertiary/aromatic N) is 2. The van der Waals surface area contributed by atoms with Crippen molar-refractivity contribution in [2.75, 3.05) is 7.05 Å². The Morgan fingerprint density at radius 1 is 0.862 bits per heavy atom. The van der Waals surface area contributed by atoms with Crippen molar-refractivity contribution < 1.29 is 0 Å². The Kier molecular flexibility index (Phi) is 5.11. The third-order valence-corrected chi connectivity index (χ3v) is 8.01. The lowest BCUT2D eigenvalue weighted by Gasteiger charge is -2.37. The normalized spacial score (nSPS) is 31.7. The van der Waals surface area contributed by atoms with Crippen LogP contribution in [0.15, 0.2) is 58.5 Å². The molecule has 2 heteroatoms. The van der Waals surface area contributed by atoms with Crippen molar-refractivity contribution in [1.82, 2.24) is 0 Å². The summed E-state index contributed by atoms with van der Waals surface area (Å²) in [5, 5.41) is 0. The van der Waals surface area contributed by atoms with Crippen LogP contribution in [0.25, 0.3) is 0 Å². The minimum atomic E-state index is 0.499. The molecule has 3 aliphatic carbocycles. The lowest BCUT2D eigenvalue weighted by atomic mass is 9.67. The van der Waals surface area contributed by atoms with Gasteiger partial charge in [0.1, 0.15) is 0 Å². The Balaban J connectivity index is 1.51. The molecule has 2 aromatic rings. The average molecular weight is 385 g/mol. The summed E-state index contributed by atoms with van der Waals surface area (Å²) in [6.07, 6.45) is 11.2. The van der Waals surface area contributed by atoms with Crippen molar-refractivity contribution in [1.29, 1.82) is 0 Å². The molecule has 3 aliphatic rings. The Hall–Kier alpha value is -2.22. The molecule has 0 aliphatic heterocycles. The molecule has 0 radical (unpaired) electrons. The third-order valence-electron chi connectivity index (χ3n) is 8.01. The van der Waals surface area contributed by atoms with Gasteiger partial charge in [-0.2, -0.15) is 0 Å². The summed E-state index contributed by atoms with van der Waals surface area (Å²) in [4.78, 5) is 8.62. The molecule has 0 saturated heterocycles. The highest BCUT2D eigenvalue weighted by Gasteiger charge is 2.55. The summed E-state index contributed by atoms with van der Waals surface area (Å²) in [5.41, 5.74) is 5.17. The number of hydrogen-bond donors (Lipinski definition) is 0. The van der Waals surface area contributed by atoms with Crippen LogP contribution in [-0.2, 0) is 0 Å². The van der Waals surface area contributed by atoms with Crippen molar-refractivity contribution in [2.45, 2.75) is 44.9 Å². The fraction of sp³-hybridized carbons (Fsp3) is 0.481. The monoisotopic (exact) mass is 384 g/mol. The molecule has 5 rings (SSSR count). The van der Waals surface area contributed by atoms with Gasteiger partial charge in [-0.1, -0.05) is 42.8 Å². The van der Waals surface area contributed by atoms with Crippen LogP contribution >= 0.6 is 0 Å². The van der Waals surface area contributed by atoms with Gasteiger partial charge in [0.15, 0.2) is 0 Å². The van der Waals surface area contributed by atoms with Crippen LogP contribution in [0.2, 0.25) is 0 Å². The molecule has 6 unspecified atom stereocenters. The minimum Gasteiger partial charge on any atom is -0.296 e. The summed E-state index contributed by atoms with van der Waals surface area (Å²) >= 11 is 0. The molecule has 2 bridgehead atoms. The predicted molar refractivity (Wildman–Crippen MR) is 123 cm³/mol.